The number of nitrogens with zero attached hydrogens (tertiary/aromatic N) is 1. The number of amides is 1. The molecule has 1 amide bonds. The lowest BCUT2D eigenvalue weighted by molar-refractivity contribution is -0.143. The molecule has 1 aromatic carbocycles. The van der Waals surface area contributed by atoms with E-state index in [2.05, 4.69) is 0 Å². The predicted octanol–water partition coefficient (Wildman–Crippen LogP) is -0.273. The molecule has 17 heavy (non-hydrogen) atoms. The van der Waals surface area contributed by atoms with Gasteiger partial charge >= 0.3 is 0 Å². The second-order valence-electron chi connectivity index (χ2n) is 4.09. The van der Waals surface area contributed by atoms with Crippen molar-refractivity contribution in [1.29, 1.82) is 0 Å². The summed E-state index contributed by atoms with van der Waals surface area (Å²) >= 11 is 0. The molecule has 0 unspecified atom stereocenters. The Morgan fingerprint density at radius 2 is 2.06 bits per heavy atom. The number of ether oxygens (including phenoxy) is 1. The lowest BCUT2D eigenvalue weighted by atomic mass is 10.2. The van der Waals surface area contributed by atoms with Crippen molar-refractivity contribution in [3.8, 4) is 5.75 Å². The fraction of sp³-hybridized carbons (Fsp3) is 0.417. The smallest absolute Gasteiger partial charge is 0.260 e. The highest BCUT2D eigenvalue weighted by atomic mass is 16.5. The molecule has 0 aromatic heterocycles. The van der Waals surface area contributed by atoms with Crippen LogP contribution in [0.3, 0.4) is 0 Å². The molecule has 0 bridgehead atoms. The van der Waals surface area contributed by atoms with Crippen molar-refractivity contribution in [2.24, 2.45) is 5.73 Å². The number of hydrogen-bond donors (Lipinski definition) is 2. The van der Waals surface area contributed by atoms with Gasteiger partial charge in [-0.1, -0.05) is 12.1 Å². The minimum atomic E-state index is -0.372. The number of aliphatic hydroxyl groups is 1. The van der Waals surface area contributed by atoms with Crippen LogP contribution in [-0.2, 0) is 11.3 Å². The molecule has 0 atom stereocenters. The second-order valence-corrected chi connectivity index (χ2v) is 4.09. The van der Waals surface area contributed by atoms with E-state index in [0.717, 1.165) is 5.56 Å². The number of β-amino-alcohol motifs (C(OH)–C–C–N with tert-alkyl or cyclic N) is 1. The van der Waals surface area contributed by atoms with Gasteiger partial charge in [0.05, 0.1) is 6.10 Å². The van der Waals surface area contributed by atoms with Crippen LogP contribution in [0.2, 0.25) is 0 Å². The van der Waals surface area contributed by atoms with Crippen LogP contribution in [0.25, 0.3) is 0 Å². The van der Waals surface area contributed by atoms with E-state index in [1.807, 2.05) is 12.1 Å². The summed E-state index contributed by atoms with van der Waals surface area (Å²) in [5.74, 6) is 0.551. The zero-order chi connectivity index (χ0) is 12.3. The van der Waals surface area contributed by atoms with Crippen LogP contribution in [0.4, 0.5) is 0 Å². The van der Waals surface area contributed by atoms with Crippen molar-refractivity contribution < 1.29 is 14.6 Å². The molecule has 0 aliphatic carbocycles. The molecule has 0 spiro atoms. The minimum absolute atomic E-state index is 0.00862. The SMILES string of the molecule is NCc1ccc(OCC(=O)N2CC(O)C2)cc1. The number of likely N-dealkylation sites (tertiary alicyclic amines) is 1. The number of carbonyl (C=O) groups is 1. The van der Waals surface area contributed by atoms with Gasteiger partial charge in [-0.15, -0.1) is 0 Å². The van der Waals surface area contributed by atoms with Gasteiger partial charge in [-0.2, -0.15) is 0 Å². The molecule has 0 saturated carbocycles. The third-order valence-electron chi connectivity index (χ3n) is 2.74. The van der Waals surface area contributed by atoms with Crippen molar-refractivity contribution >= 4 is 5.91 Å². The van der Waals surface area contributed by atoms with Crippen LogP contribution >= 0.6 is 0 Å². The van der Waals surface area contributed by atoms with Crippen molar-refractivity contribution in [2.45, 2.75) is 12.6 Å². The summed E-state index contributed by atoms with van der Waals surface area (Å²) in [6, 6.07) is 7.32. The Hall–Kier alpha value is -1.59. The number of hydrogen-bond acceptors (Lipinski definition) is 4. The third kappa shape index (κ3) is 2.95. The van der Waals surface area contributed by atoms with E-state index >= 15 is 0 Å². The highest BCUT2D eigenvalue weighted by Crippen LogP contribution is 2.13. The van der Waals surface area contributed by atoms with Crippen molar-refractivity contribution in [1.82, 2.24) is 4.90 Å². The van der Waals surface area contributed by atoms with E-state index in [1.54, 1.807) is 17.0 Å². The van der Waals surface area contributed by atoms with E-state index < -0.39 is 0 Å². The Balaban J connectivity index is 1.79. The molecule has 92 valence electrons. The van der Waals surface area contributed by atoms with Crippen molar-refractivity contribution in [3.63, 3.8) is 0 Å². The molecule has 3 N–H and O–H groups in total. The van der Waals surface area contributed by atoms with E-state index in [9.17, 15) is 4.79 Å². The van der Waals surface area contributed by atoms with Gasteiger partial charge < -0.3 is 20.5 Å². The Morgan fingerprint density at radius 3 is 2.59 bits per heavy atom. The Bertz CT molecular complexity index is 385. The van der Waals surface area contributed by atoms with Gasteiger partial charge in [0.2, 0.25) is 0 Å². The lowest BCUT2D eigenvalue weighted by Gasteiger charge is -2.35. The Labute approximate surface area is 99.8 Å². The largest absolute Gasteiger partial charge is 0.484 e. The fourth-order valence-electron chi connectivity index (χ4n) is 1.62. The Kier molecular flexibility index (Phi) is 3.61. The number of carbonyl (C=O) groups excluding carboxylic acids is 1. The molecule has 0 radical (unpaired) electrons. The molecular weight excluding hydrogens is 220 g/mol. The summed E-state index contributed by atoms with van der Waals surface area (Å²) in [6.45, 7) is 1.32. The highest BCUT2D eigenvalue weighted by Gasteiger charge is 2.28. The lowest BCUT2D eigenvalue weighted by Crippen LogP contribution is -2.54. The summed E-state index contributed by atoms with van der Waals surface area (Å²) in [5, 5.41) is 9.06. The molecule has 2 rings (SSSR count). The monoisotopic (exact) mass is 236 g/mol. The minimum Gasteiger partial charge on any atom is -0.484 e. The van der Waals surface area contributed by atoms with Gasteiger partial charge in [-0.05, 0) is 17.7 Å². The highest BCUT2D eigenvalue weighted by molar-refractivity contribution is 5.78. The van der Waals surface area contributed by atoms with E-state index in [1.165, 1.54) is 0 Å². The summed E-state index contributed by atoms with van der Waals surface area (Å²) in [4.78, 5) is 13.1. The molecule has 1 aliphatic heterocycles. The van der Waals surface area contributed by atoms with Crippen LogP contribution in [-0.4, -0.2) is 41.7 Å². The van der Waals surface area contributed by atoms with Gasteiger partial charge in [0, 0.05) is 19.6 Å². The van der Waals surface area contributed by atoms with Crippen LogP contribution in [0.1, 0.15) is 5.56 Å². The van der Waals surface area contributed by atoms with Crippen LogP contribution in [0.15, 0.2) is 24.3 Å². The van der Waals surface area contributed by atoms with Gasteiger partial charge in [-0.25, -0.2) is 0 Å². The molecule has 1 fully saturated rings. The summed E-state index contributed by atoms with van der Waals surface area (Å²) in [5.41, 5.74) is 6.50. The van der Waals surface area contributed by atoms with E-state index in [-0.39, 0.29) is 18.6 Å². The maximum absolute atomic E-state index is 11.5. The summed E-state index contributed by atoms with van der Waals surface area (Å²) in [7, 11) is 0. The molecule has 5 heteroatoms. The first-order chi connectivity index (χ1) is 8.19. The van der Waals surface area contributed by atoms with Crippen LogP contribution < -0.4 is 10.5 Å². The predicted molar refractivity (Wildman–Crippen MR) is 62.4 cm³/mol. The number of rotatable bonds is 4. The zero-order valence-electron chi connectivity index (χ0n) is 9.50. The topological polar surface area (TPSA) is 75.8 Å². The molecule has 1 heterocycles. The first-order valence-corrected chi connectivity index (χ1v) is 5.56. The van der Waals surface area contributed by atoms with Crippen molar-refractivity contribution in [2.75, 3.05) is 19.7 Å². The molecular formula is C12H16N2O3. The third-order valence-corrected chi connectivity index (χ3v) is 2.74. The normalized spacial score (nSPS) is 15.5. The average molecular weight is 236 g/mol. The molecule has 5 nitrogen and oxygen atoms in total. The molecule has 1 saturated heterocycles. The van der Waals surface area contributed by atoms with E-state index in [4.69, 9.17) is 15.6 Å². The number of aliphatic hydroxyl groups excluding tert-OH is 1. The van der Waals surface area contributed by atoms with E-state index in [0.29, 0.717) is 25.4 Å². The summed E-state index contributed by atoms with van der Waals surface area (Å²) < 4.78 is 5.35. The van der Waals surface area contributed by atoms with Gasteiger partial charge in [0.15, 0.2) is 6.61 Å². The second kappa shape index (κ2) is 5.16. The van der Waals surface area contributed by atoms with Gasteiger partial charge in [0.25, 0.3) is 5.91 Å². The van der Waals surface area contributed by atoms with Gasteiger partial charge in [-0.3, -0.25) is 4.79 Å². The Morgan fingerprint density at radius 1 is 1.41 bits per heavy atom. The average Bonchev–Trinajstić information content (AvgIpc) is 2.32. The fourth-order valence-corrected chi connectivity index (χ4v) is 1.62. The van der Waals surface area contributed by atoms with Crippen molar-refractivity contribution in [3.05, 3.63) is 29.8 Å². The first kappa shape index (κ1) is 11.9. The van der Waals surface area contributed by atoms with Gasteiger partial charge in [0.1, 0.15) is 5.75 Å². The maximum Gasteiger partial charge on any atom is 0.260 e. The maximum atomic E-state index is 11.5. The molecule has 1 aromatic rings. The standard InChI is InChI=1S/C12H16N2O3/c13-5-9-1-3-11(4-2-9)17-8-12(16)14-6-10(15)7-14/h1-4,10,15H,5-8,13H2. The summed E-state index contributed by atoms with van der Waals surface area (Å²) in [6.07, 6.45) is -0.372. The first-order valence-electron chi connectivity index (χ1n) is 5.56. The number of nitrogens with two attached hydrogens (primary N) is 1. The quantitative estimate of drug-likeness (QED) is 0.754. The van der Waals surface area contributed by atoms with Crippen LogP contribution in [0.5, 0.6) is 5.75 Å². The van der Waals surface area contributed by atoms with Crippen LogP contribution in [0, 0.1) is 0 Å². The molecule has 1 aliphatic rings. The zero-order valence-corrected chi connectivity index (χ0v) is 9.50. The number of benzene rings is 1.